The van der Waals surface area contributed by atoms with Crippen LogP contribution in [0.15, 0.2) is 72.9 Å². The molecule has 2 aromatic carbocycles. The topological polar surface area (TPSA) is 36.4 Å². The summed E-state index contributed by atoms with van der Waals surface area (Å²) < 4.78 is 0. The van der Waals surface area contributed by atoms with Crippen LogP contribution < -0.4 is 0 Å². The van der Waals surface area contributed by atoms with Crippen molar-refractivity contribution in [1.82, 2.24) is 14.8 Å². The summed E-state index contributed by atoms with van der Waals surface area (Å²) in [5, 5.41) is 0.506. The van der Waals surface area contributed by atoms with Gasteiger partial charge in [-0.05, 0) is 17.2 Å². The predicted molar refractivity (Wildman–Crippen MR) is 116 cm³/mol. The average molecular weight is 426 g/mol. The lowest BCUT2D eigenvalue weighted by Crippen LogP contribution is -2.49. The van der Waals surface area contributed by atoms with Crippen molar-refractivity contribution in [3.8, 4) is 0 Å². The number of piperazine rings is 1. The number of pyridine rings is 1. The van der Waals surface area contributed by atoms with Gasteiger partial charge in [0.25, 0.3) is 5.91 Å². The number of amides is 1. The number of carbonyl (C=O) groups excluding carboxylic acids is 1. The second-order valence-electron chi connectivity index (χ2n) is 7.05. The van der Waals surface area contributed by atoms with Gasteiger partial charge in [0.1, 0.15) is 5.15 Å². The van der Waals surface area contributed by atoms with Crippen LogP contribution in [0, 0.1) is 0 Å². The predicted octanol–water partition coefficient (Wildman–Crippen LogP) is 4.94. The number of halogens is 2. The Hall–Kier alpha value is -2.40. The van der Waals surface area contributed by atoms with Gasteiger partial charge >= 0.3 is 0 Å². The average Bonchev–Trinajstić information content (AvgIpc) is 2.77. The molecular formula is C23H21Cl2N3O. The van der Waals surface area contributed by atoms with Gasteiger partial charge in [0.2, 0.25) is 0 Å². The molecule has 4 rings (SSSR count). The molecule has 2 heterocycles. The highest BCUT2D eigenvalue weighted by Gasteiger charge is 2.28. The fourth-order valence-corrected chi connectivity index (χ4v) is 4.06. The molecule has 0 spiro atoms. The molecule has 0 atom stereocenters. The monoisotopic (exact) mass is 425 g/mol. The van der Waals surface area contributed by atoms with Crippen LogP contribution in [0.2, 0.25) is 10.2 Å². The van der Waals surface area contributed by atoms with Gasteiger partial charge in [0.15, 0.2) is 0 Å². The van der Waals surface area contributed by atoms with E-state index in [2.05, 4.69) is 58.4 Å². The van der Waals surface area contributed by atoms with Gasteiger partial charge in [-0.15, -0.1) is 0 Å². The maximum absolute atomic E-state index is 12.8. The van der Waals surface area contributed by atoms with Crippen molar-refractivity contribution in [3.05, 3.63) is 99.8 Å². The van der Waals surface area contributed by atoms with Gasteiger partial charge in [0.05, 0.1) is 16.6 Å². The highest BCUT2D eigenvalue weighted by Crippen LogP contribution is 2.30. The van der Waals surface area contributed by atoms with E-state index < -0.39 is 0 Å². The fourth-order valence-electron chi connectivity index (χ4n) is 3.79. The molecule has 1 aliphatic heterocycles. The van der Waals surface area contributed by atoms with Crippen molar-refractivity contribution in [2.24, 2.45) is 0 Å². The van der Waals surface area contributed by atoms with Gasteiger partial charge in [-0.1, -0.05) is 83.9 Å². The summed E-state index contributed by atoms with van der Waals surface area (Å²) in [5.74, 6) is -0.0633. The van der Waals surface area contributed by atoms with E-state index >= 15 is 0 Å². The summed E-state index contributed by atoms with van der Waals surface area (Å²) in [5.41, 5.74) is 2.98. The van der Waals surface area contributed by atoms with Crippen LogP contribution in [-0.2, 0) is 0 Å². The summed E-state index contributed by atoms with van der Waals surface area (Å²) in [6, 6.07) is 22.8. The molecule has 6 heteroatoms. The molecule has 29 heavy (non-hydrogen) atoms. The number of benzene rings is 2. The molecule has 0 bridgehead atoms. The van der Waals surface area contributed by atoms with Crippen LogP contribution in [0.1, 0.15) is 27.5 Å². The van der Waals surface area contributed by atoms with E-state index in [0.29, 0.717) is 23.7 Å². The minimum Gasteiger partial charge on any atom is -0.336 e. The smallest absolute Gasteiger partial charge is 0.255 e. The summed E-state index contributed by atoms with van der Waals surface area (Å²) in [4.78, 5) is 21.1. The van der Waals surface area contributed by atoms with Gasteiger partial charge in [0, 0.05) is 32.4 Å². The molecule has 0 radical (unpaired) electrons. The van der Waals surface area contributed by atoms with Crippen molar-refractivity contribution in [2.45, 2.75) is 6.04 Å². The number of rotatable bonds is 4. The molecule has 4 nitrogen and oxygen atoms in total. The molecule has 1 aliphatic rings. The van der Waals surface area contributed by atoms with Crippen molar-refractivity contribution >= 4 is 29.1 Å². The van der Waals surface area contributed by atoms with E-state index in [1.807, 2.05) is 17.0 Å². The largest absolute Gasteiger partial charge is 0.336 e. The molecule has 148 valence electrons. The third kappa shape index (κ3) is 4.45. The van der Waals surface area contributed by atoms with Crippen LogP contribution in [0.25, 0.3) is 0 Å². The van der Waals surface area contributed by atoms with Gasteiger partial charge in [-0.2, -0.15) is 0 Å². The number of nitrogens with zero attached hydrogens (tertiary/aromatic N) is 3. The highest BCUT2D eigenvalue weighted by molar-refractivity contribution is 6.41. The minimum atomic E-state index is -0.0633. The van der Waals surface area contributed by atoms with E-state index in [0.717, 1.165) is 13.1 Å². The van der Waals surface area contributed by atoms with Crippen molar-refractivity contribution in [2.75, 3.05) is 26.2 Å². The Balaban J connectivity index is 1.51. The molecule has 1 saturated heterocycles. The fraction of sp³-hybridized carbons (Fsp3) is 0.217. The molecule has 0 N–H and O–H groups in total. The van der Waals surface area contributed by atoms with Crippen LogP contribution in [-0.4, -0.2) is 46.9 Å². The zero-order valence-corrected chi connectivity index (χ0v) is 17.4. The third-order valence-electron chi connectivity index (χ3n) is 5.24. The second kappa shape index (κ2) is 8.95. The van der Waals surface area contributed by atoms with Crippen molar-refractivity contribution in [1.29, 1.82) is 0 Å². The Bertz CT molecular complexity index is 934. The molecule has 0 saturated carbocycles. The van der Waals surface area contributed by atoms with Crippen molar-refractivity contribution < 1.29 is 4.79 Å². The van der Waals surface area contributed by atoms with E-state index in [1.54, 1.807) is 6.07 Å². The molecule has 3 aromatic rings. The zero-order valence-electron chi connectivity index (χ0n) is 15.8. The van der Waals surface area contributed by atoms with Crippen LogP contribution in [0.5, 0.6) is 0 Å². The Morgan fingerprint density at radius 3 is 1.93 bits per heavy atom. The first-order valence-corrected chi connectivity index (χ1v) is 10.3. The molecule has 1 amide bonds. The number of hydrogen-bond acceptors (Lipinski definition) is 3. The Labute approximate surface area is 180 Å². The summed E-state index contributed by atoms with van der Waals surface area (Å²) in [6.45, 7) is 2.87. The Kier molecular flexibility index (Phi) is 6.14. The molecule has 0 unspecified atom stereocenters. The number of carbonyl (C=O) groups is 1. The quantitative estimate of drug-likeness (QED) is 0.555. The Morgan fingerprint density at radius 1 is 0.862 bits per heavy atom. The SMILES string of the molecule is O=C(c1cnc(Cl)c(Cl)c1)N1CCN(C(c2ccccc2)c2ccccc2)CC1. The van der Waals surface area contributed by atoms with E-state index in [1.165, 1.54) is 17.3 Å². The standard InChI is InChI=1S/C23H21Cl2N3O/c24-20-15-19(16-26-22(20)25)23(29)28-13-11-27(12-14-28)21(17-7-3-1-4-8-17)18-9-5-2-6-10-18/h1-10,15-16,21H,11-14H2. The summed E-state index contributed by atoms with van der Waals surface area (Å²) >= 11 is 11.9. The Morgan fingerprint density at radius 2 is 1.41 bits per heavy atom. The van der Waals surface area contributed by atoms with E-state index in [-0.39, 0.29) is 17.1 Å². The van der Waals surface area contributed by atoms with Crippen LogP contribution in [0.3, 0.4) is 0 Å². The first-order valence-electron chi connectivity index (χ1n) is 9.58. The first kappa shape index (κ1) is 19.9. The van der Waals surface area contributed by atoms with Crippen molar-refractivity contribution in [3.63, 3.8) is 0 Å². The second-order valence-corrected chi connectivity index (χ2v) is 7.81. The molecule has 1 fully saturated rings. The highest BCUT2D eigenvalue weighted by atomic mass is 35.5. The van der Waals surface area contributed by atoms with E-state index in [9.17, 15) is 4.79 Å². The summed E-state index contributed by atoms with van der Waals surface area (Å²) in [6.07, 6.45) is 1.49. The molecular weight excluding hydrogens is 405 g/mol. The minimum absolute atomic E-state index is 0.0633. The van der Waals surface area contributed by atoms with Gasteiger partial charge in [-0.3, -0.25) is 9.69 Å². The van der Waals surface area contributed by atoms with Crippen LogP contribution >= 0.6 is 23.2 Å². The normalized spacial score (nSPS) is 14.9. The lowest BCUT2D eigenvalue weighted by Gasteiger charge is -2.39. The lowest BCUT2D eigenvalue weighted by molar-refractivity contribution is 0.0597. The molecule has 1 aromatic heterocycles. The summed E-state index contributed by atoms with van der Waals surface area (Å²) in [7, 11) is 0. The van der Waals surface area contributed by atoms with Gasteiger partial charge < -0.3 is 4.90 Å². The maximum Gasteiger partial charge on any atom is 0.255 e. The number of aromatic nitrogens is 1. The lowest BCUT2D eigenvalue weighted by atomic mass is 9.96. The van der Waals surface area contributed by atoms with Gasteiger partial charge in [-0.25, -0.2) is 4.98 Å². The first-order chi connectivity index (χ1) is 14.1. The van der Waals surface area contributed by atoms with E-state index in [4.69, 9.17) is 23.2 Å². The zero-order chi connectivity index (χ0) is 20.2. The number of hydrogen-bond donors (Lipinski definition) is 0. The van der Waals surface area contributed by atoms with Crippen LogP contribution in [0.4, 0.5) is 0 Å². The third-order valence-corrected chi connectivity index (χ3v) is 5.93. The molecule has 0 aliphatic carbocycles. The maximum atomic E-state index is 12.8.